The Morgan fingerprint density at radius 1 is 1.07 bits per heavy atom. The summed E-state index contributed by atoms with van der Waals surface area (Å²) in [5.74, 6) is -0.431. The maximum Gasteiger partial charge on any atom is 0.265 e. The number of carbonyl (C=O) groups is 2. The fourth-order valence-corrected chi connectivity index (χ4v) is 4.57. The summed E-state index contributed by atoms with van der Waals surface area (Å²) in [6.45, 7) is 3.71. The van der Waals surface area contributed by atoms with Crippen molar-refractivity contribution >= 4 is 50.7 Å². The Hall–Kier alpha value is -3.16. The van der Waals surface area contributed by atoms with Gasteiger partial charge in [0.25, 0.3) is 11.8 Å². The van der Waals surface area contributed by atoms with Crippen LogP contribution in [-0.2, 0) is 0 Å². The first-order valence-corrected chi connectivity index (χ1v) is 10.5. The number of fused-ring (bicyclic) bond motifs is 1. The number of amides is 2. The smallest absolute Gasteiger partial charge is 0.265 e. The average Bonchev–Trinajstić information content (AvgIpc) is 3.30. The molecule has 0 aliphatic carbocycles. The Bertz CT molecular complexity index is 1290. The molecule has 2 N–H and O–H groups in total. The fourth-order valence-electron chi connectivity index (χ4n) is 3.28. The number of hydrogen-bond acceptors (Lipinski definition) is 4. The second-order valence-electron chi connectivity index (χ2n) is 6.79. The van der Waals surface area contributed by atoms with E-state index in [2.05, 4.69) is 15.7 Å². The van der Waals surface area contributed by atoms with Gasteiger partial charge in [0.15, 0.2) is 0 Å². The number of nitrogens with one attached hydrogen (secondary N) is 2. The largest absolute Gasteiger partial charge is 0.355 e. The van der Waals surface area contributed by atoms with Crippen LogP contribution in [-0.4, -0.2) is 28.6 Å². The third-order valence-electron chi connectivity index (χ3n) is 4.90. The lowest BCUT2D eigenvalue weighted by molar-refractivity contribution is 0.0961. The SMILES string of the molecule is CNC(=O)c1cccc(NC(=O)c2cc3c(C)nn(-c4ccccc4Cl)c3s2)c1C. The minimum Gasteiger partial charge on any atom is -0.355 e. The molecule has 0 saturated heterocycles. The molecule has 8 heteroatoms. The molecule has 4 rings (SSSR count). The van der Waals surface area contributed by atoms with Crippen molar-refractivity contribution in [3.05, 3.63) is 75.3 Å². The van der Waals surface area contributed by atoms with E-state index < -0.39 is 0 Å². The summed E-state index contributed by atoms with van der Waals surface area (Å²) in [7, 11) is 1.58. The first-order valence-electron chi connectivity index (χ1n) is 9.28. The van der Waals surface area contributed by atoms with Gasteiger partial charge in [-0.1, -0.05) is 29.8 Å². The minimum absolute atomic E-state index is 0.194. The molecular formula is C22H19ClN4O2S. The van der Waals surface area contributed by atoms with Crippen molar-refractivity contribution in [2.24, 2.45) is 0 Å². The maximum atomic E-state index is 13.0. The van der Waals surface area contributed by atoms with E-state index in [0.29, 0.717) is 26.7 Å². The molecule has 0 aliphatic heterocycles. The van der Waals surface area contributed by atoms with E-state index in [1.807, 2.05) is 44.2 Å². The van der Waals surface area contributed by atoms with E-state index >= 15 is 0 Å². The molecule has 0 aliphatic rings. The molecule has 0 saturated carbocycles. The number of halogens is 1. The molecule has 0 bridgehead atoms. The van der Waals surface area contributed by atoms with E-state index in [-0.39, 0.29) is 11.8 Å². The third kappa shape index (κ3) is 3.46. The zero-order chi connectivity index (χ0) is 21.4. The molecule has 0 spiro atoms. The van der Waals surface area contributed by atoms with Gasteiger partial charge in [0.1, 0.15) is 4.83 Å². The Kier molecular flexibility index (Phi) is 5.32. The van der Waals surface area contributed by atoms with Crippen molar-refractivity contribution in [2.45, 2.75) is 13.8 Å². The van der Waals surface area contributed by atoms with Crippen molar-refractivity contribution in [1.82, 2.24) is 15.1 Å². The van der Waals surface area contributed by atoms with Crippen LogP contribution in [0.2, 0.25) is 5.02 Å². The van der Waals surface area contributed by atoms with Gasteiger partial charge in [0, 0.05) is 23.7 Å². The molecule has 6 nitrogen and oxygen atoms in total. The van der Waals surface area contributed by atoms with Gasteiger partial charge < -0.3 is 10.6 Å². The summed E-state index contributed by atoms with van der Waals surface area (Å²) in [6.07, 6.45) is 0. The summed E-state index contributed by atoms with van der Waals surface area (Å²) in [5.41, 5.74) is 3.42. The molecule has 0 fully saturated rings. The number of aryl methyl sites for hydroxylation is 1. The second-order valence-corrected chi connectivity index (χ2v) is 8.23. The predicted molar refractivity (Wildman–Crippen MR) is 121 cm³/mol. The van der Waals surface area contributed by atoms with Crippen LogP contribution in [0.3, 0.4) is 0 Å². The lowest BCUT2D eigenvalue weighted by Gasteiger charge is -2.11. The number of carbonyl (C=O) groups excluding carboxylic acids is 2. The molecule has 0 unspecified atom stereocenters. The zero-order valence-corrected chi connectivity index (χ0v) is 18.2. The van der Waals surface area contributed by atoms with Gasteiger partial charge >= 0.3 is 0 Å². The van der Waals surface area contributed by atoms with Crippen LogP contribution < -0.4 is 10.6 Å². The fraction of sp³-hybridized carbons (Fsp3) is 0.136. The Balaban J connectivity index is 1.70. The van der Waals surface area contributed by atoms with E-state index in [4.69, 9.17) is 11.6 Å². The quantitative estimate of drug-likeness (QED) is 0.472. The van der Waals surface area contributed by atoms with Gasteiger partial charge in [-0.2, -0.15) is 5.10 Å². The highest BCUT2D eigenvalue weighted by molar-refractivity contribution is 7.20. The highest BCUT2D eigenvalue weighted by atomic mass is 35.5. The molecule has 2 aromatic carbocycles. The zero-order valence-electron chi connectivity index (χ0n) is 16.6. The number of para-hydroxylation sites is 1. The summed E-state index contributed by atoms with van der Waals surface area (Å²) in [4.78, 5) is 26.4. The van der Waals surface area contributed by atoms with Crippen molar-refractivity contribution in [2.75, 3.05) is 12.4 Å². The number of rotatable bonds is 4. The molecule has 0 atom stereocenters. The van der Waals surface area contributed by atoms with Gasteiger partial charge in [0.05, 0.1) is 21.3 Å². The molecule has 2 aromatic heterocycles. The number of benzene rings is 2. The van der Waals surface area contributed by atoms with Crippen molar-refractivity contribution in [3.63, 3.8) is 0 Å². The van der Waals surface area contributed by atoms with E-state index in [1.165, 1.54) is 11.3 Å². The van der Waals surface area contributed by atoms with Gasteiger partial charge in [-0.3, -0.25) is 9.59 Å². The molecule has 4 aromatic rings. The topological polar surface area (TPSA) is 76.0 Å². The Morgan fingerprint density at radius 2 is 1.83 bits per heavy atom. The maximum absolute atomic E-state index is 13.0. The summed E-state index contributed by atoms with van der Waals surface area (Å²) < 4.78 is 1.77. The average molecular weight is 439 g/mol. The first kappa shape index (κ1) is 20.1. The van der Waals surface area contributed by atoms with Crippen LogP contribution in [0.4, 0.5) is 5.69 Å². The van der Waals surface area contributed by atoms with Crippen molar-refractivity contribution in [3.8, 4) is 5.69 Å². The van der Waals surface area contributed by atoms with E-state index in [9.17, 15) is 9.59 Å². The molecule has 30 heavy (non-hydrogen) atoms. The standard InChI is InChI=1S/C22H19ClN4O2S/c1-12-14(20(28)24-3)7-6-9-17(12)25-21(29)19-11-15-13(2)26-27(22(15)30-19)18-10-5-4-8-16(18)23/h4-11H,1-3H3,(H,24,28)(H,25,29). The number of nitrogens with zero attached hydrogens (tertiary/aromatic N) is 2. The number of hydrogen-bond donors (Lipinski definition) is 2. The normalized spacial score (nSPS) is 10.9. The number of thiophene rings is 1. The monoisotopic (exact) mass is 438 g/mol. The number of anilines is 1. The van der Waals surface area contributed by atoms with Gasteiger partial charge in [0.2, 0.25) is 0 Å². The first-order chi connectivity index (χ1) is 14.4. The van der Waals surface area contributed by atoms with Gasteiger partial charge in [-0.05, 0) is 49.7 Å². The number of aromatic nitrogens is 2. The summed E-state index contributed by atoms with van der Waals surface area (Å²) in [6, 6.07) is 14.6. The van der Waals surface area contributed by atoms with Crippen LogP contribution in [0.5, 0.6) is 0 Å². The van der Waals surface area contributed by atoms with Crippen LogP contribution in [0, 0.1) is 13.8 Å². The summed E-state index contributed by atoms with van der Waals surface area (Å²) >= 11 is 7.69. The molecule has 152 valence electrons. The molecule has 0 radical (unpaired) electrons. The van der Waals surface area contributed by atoms with Crippen LogP contribution in [0.25, 0.3) is 15.9 Å². The van der Waals surface area contributed by atoms with Crippen LogP contribution in [0.1, 0.15) is 31.3 Å². The molecule has 2 amide bonds. The van der Waals surface area contributed by atoms with Crippen molar-refractivity contribution < 1.29 is 9.59 Å². The Labute approximate surface area is 182 Å². The molecular weight excluding hydrogens is 420 g/mol. The van der Waals surface area contributed by atoms with Crippen LogP contribution >= 0.6 is 22.9 Å². The lowest BCUT2D eigenvalue weighted by atomic mass is 10.1. The highest BCUT2D eigenvalue weighted by Crippen LogP contribution is 2.33. The van der Waals surface area contributed by atoms with E-state index in [1.54, 1.807) is 29.9 Å². The minimum atomic E-state index is -0.238. The van der Waals surface area contributed by atoms with E-state index in [0.717, 1.165) is 21.6 Å². The predicted octanol–water partition coefficient (Wildman–Crippen LogP) is 4.97. The lowest BCUT2D eigenvalue weighted by Crippen LogP contribution is -2.20. The second kappa shape index (κ2) is 7.93. The Morgan fingerprint density at radius 3 is 2.57 bits per heavy atom. The summed E-state index contributed by atoms with van der Waals surface area (Å²) in [5, 5.41) is 11.6. The highest BCUT2D eigenvalue weighted by Gasteiger charge is 2.19. The molecule has 2 heterocycles. The van der Waals surface area contributed by atoms with Crippen LogP contribution in [0.15, 0.2) is 48.5 Å². The van der Waals surface area contributed by atoms with Crippen molar-refractivity contribution in [1.29, 1.82) is 0 Å². The third-order valence-corrected chi connectivity index (χ3v) is 6.33. The van der Waals surface area contributed by atoms with Gasteiger partial charge in [-0.25, -0.2) is 4.68 Å². The van der Waals surface area contributed by atoms with Gasteiger partial charge in [-0.15, -0.1) is 11.3 Å².